The zero-order chi connectivity index (χ0) is 27.6. The summed E-state index contributed by atoms with van der Waals surface area (Å²) in [4.78, 5) is 10.4. The Kier molecular flexibility index (Phi) is 4.87. The molecule has 3 heterocycles. The van der Waals surface area contributed by atoms with Gasteiger partial charge in [-0.15, -0.1) is 0 Å². The average Bonchev–Trinajstić information content (AvgIpc) is 3.58. The summed E-state index contributed by atoms with van der Waals surface area (Å²) in [6, 6.07) is 51.1. The molecule has 0 amide bonds. The van der Waals surface area contributed by atoms with Gasteiger partial charge in [-0.3, -0.25) is 4.57 Å². The number of benzene rings is 6. The van der Waals surface area contributed by atoms with Crippen molar-refractivity contribution in [3.8, 4) is 22.9 Å². The Morgan fingerprint density at radius 1 is 0.405 bits per heavy atom. The van der Waals surface area contributed by atoms with Crippen LogP contribution in [-0.2, 0) is 0 Å². The molecule has 0 N–H and O–H groups in total. The highest BCUT2D eigenvalue weighted by atomic mass is 15.2. The second-order valence-corrected chi connectivity index (χ2v) is 10.7. The Bertz CT molecular complexity index is 2450. The first-order valence-corrected chi connectivity index (χ1v) is 14.2. The number of hydrogen-bond acceptors (Lipinski definition) is 2. The molecular formula is C38H24N4. The maximum Gasteiger partial charge on any atom is 0.235 e. The fourth-order valence-corrected chi connectivity index (χ4v) is 6.55. The van der Waals surface area contributed by atoms with E-state index < -0.39 is 0 Å². The normalized spacial score (nSPS) is 11.8. The molecular weight excluding hydrogens is 512 g/mol. The van der Waals surface area contributed by atoms with E-state index in [0.717, 1.165) is 38.9 Å². The van der Waals surface area contributed by atoms with Crippen LogP contribution in [0.3, 0.4) is 0 Å². The van der Waals surface area contributed by atoms with E-state index in [9.17, 15) is 0 Å². The van der Waals surface area contributed by atoms with Crippen LogP contribution in [0.5, 0.6) is 0 Å². The van der Waals surface area contributed by atoms with E-state index in [4.69, 9.17) is 9.97 Å². The van der Waals surface area contributed by atoms with Crippen LogP contribution in [-0.4, -0.2) is 19.1 Å². The molecule has 0 aliphatic heterocycles. The Morgan fingerprint density at radius 2 is 1.02 bits per heavy atom. The molecule has 9 aromatic rings. The quantitative estimate of drug-likeness (QED) is 0.225. The van der Waals surface area contributed by atoms with Crippen molar-refractivity contribution in [2.75, 3.05) is 0 Å². The number of fused-ring (bicyclic) bond motifs is 8. The monoisotopic (exact) mass is 536 g/mol. The molecule has 0 unspecified atom stereocenters. The predicted octanol–water partition coefficient (Wildman–Crippen LogP) is 9.49. The number of rotatable bonds is 3. The summed E-state index contributed by atoms with van der Waals surface area (Å²) in [5.74, 6) is 0.667. The zero-order valence-corrected chi connectivity index (χ0v) is 22.6. The summed E-state index contributed by atoms with van der Waals surface area (Å²) >= 11 is 0. The maximum atomic E-state index is 5.26. The van der Waals surface area contributed by atoms with E-state index >= 15 is 0 Å². The topological polar surface area (TPSA) is 35.6 Å². The minimum absolute atomic E-state index is 0.667. The highest BCUT2D eigenvalue weighted by Gasteiger charge is 2.22. The average molecular weight is 537 g/mol. The third-order valence-corrected chi connectivity index (χ3v) is 8.32. The van der Waals surface area contributed by atoms with Crippen molar-refractivity contribution < 1.29 is 0 Å². The predicted molar refractivity (Wildman–Crippen MR) is 174 cm³/mol. The molecule has 0 atom stereocenters. The second-order valence-electron chi connectivity index (χ2n) is 10.7. The summed E-state index contributed by atoms with van der Waals surface area (Å²) in [6.45, 7) is 0. The van der Waals surface area contributed by atoms with E-state index in [0.29, 0.717) is 5.95 Å². The van der Waals surface area contributed by atoms with Gasteiger partial charge in [0.2, 0.25) is 5.95 Å². The fraction of sp³-hybridized carbons (Fsp3) is 0. The lowest BCUT2D eigenvalue weighted by Crippen LogP contribution is -2.03. The molecule has 0 radical (unpaired) electrons. The van der Waals surface area contributed by atoms with Crippen molar-refractivity contribution in [3.63, 3.8) is 0 Å². The fourth-order valence-electron chi connectivity index (χ4n) is 6.55. The van der Waals surface area contributed by atoms with Crippen molar-refractivity contribution in [2.45, 2.75) is 0 Å². The van der Waals surface area contributed by atoms with Crippen molar-refractivity contribution in [1.29, 1.82) is 0 Å². The van der Waals surface area contributed by atoms with Crippen LogP contribution in [0, 0.1) is 0 Å². The van der Waals surface area contributed by atoms with E-state index in [-0.39, 0.29) is 0 Å². The molecule has 9 rings (SSSR count). The van der Waals surface area contributed by atoms with Crippen molar-refractivity contribution >= 4 is 54.5 Å². The van der Waals surface area contributed by atoms with Gasteiger partial charge in [0, 0.05) is 38.2 Å². The third-order valence-electron chi connectivity index (χ3n) is 8.32. The van der Waals surface area contributed by atoms with E-state index in [2.05, 4.69) is 143 Å². The lowest BCUT2D eigenvalue weighted by molar-refractivity contribution is 1.01. The number of nitrogens with zero attached hydrogens (tertiary/aromatic N) is 4. The molecule has 0 bridgehead atoms. The van der Waals surface area contributed by atoms with Gasteiger partial charge in [-0.1, -0.05) is 109 Å². The second kappa shape index (κ2) is 8.88. The first-order valence-electron chi connectivity index (χ1n) is 14.2. The van der Waals surface area contributed by atoms with Gasteiger partial charge in [0.25, 0.3) is 0 Å². The van der Waals surface area contributed by atoms with Crippen LogP contribution < -0.4 is 0 Å². The van der Waals surface area contributed by atoms with Crippen LogP contribution in [0.25, 0.3) is 77.4 Å². The molecule has 0 fully saturated rings. The van der Waals surface area contributed by atoms with Gasteiger partial charge in [-0.2, -0.15) is 0 Å². The molecule has 42 heavy (non-hydrogen) atoms. The van der Waals surface area contributed by atoms with Gasteiger partial charge in [-0.05, 0) is 36.4 Å². The lowest BCUT2D eigenvalue weighted by Gasteiger charge is -2.12. The van der Waals surface area contributed by atoms with Crippen molar-refractivity contribution in [2.24, 2.45) is 0 Å². The summed E-state index contributed by atoms with van der Waals surface area (Å²) in [7, 11) is 0. The Morgan fingerprint density at radius 3 is 1.81 bits per heavy atom. The molecule has 0 spiro atoms. The van der Waals surface area contributed by atoms with Gasteiger partial charge in [0.1, 0.15) is 0 Å². The molecule has 0 saturated carbocycles. The standard InChI is InChI=1S/C38H24N4/c1-3-13-25(14-4-1)36-29-18-7-10-20-31(29)39-38(40-36)42-33-22-12-9-19-30(33)35-34(42)24-23-28-27-17-8-11-21-32(27)41(37(28)35)26-15-5-2-6-16-26/h1-24H. The number of para-hydroxylation sites is 4. The van der Waals surface area contributed by atoms with Crippen molar-refractivity contribution in [3.05, 3.63) is 146 Å². The van der Waals surface area contributed by atoms with Crippen LogP contribution in [0.2, 0.25) is 0 Å². The largest absolute Gasteiger partial charge is 0.309 e. The summed E-state index contributed by atoms with van der Waals surface area (Å²) < 4.78 is 4.64. The third kappa shape index (κ3) is 3.23. The molecule has 0 saturated heterocycles. The van der Waals surface area contributed by atoms with Gasteiger partial charge < -0.3 is 4.57 Å². The lowest BCUT2D eigenvalue weighted by atomic mass is 10.1. The van der Waals surface area contributed by atoms with Gasteiger partial charge >= 0.3 is 0 Å². The molecule has 196 valence electrons. The molecule has 4 heteroatoms. The summed E-state index contributed by atoms with van der Waals surface area (Å²) in [5, 5.41) is 5.88. The maximum absolute atomic E-state index is 5.26. The molecule has 4 nitrogen and oxygen atoms in total. The van der Waals surface area contributed by atoms with Gasteiger partial charge in [0.05, 0.1) is 33.3 Å². The van der Waals surface area contributed by atoms with Crippen LogP contribution in [0.1, 0.15) is 0 Å². The molecule has 6 aromatic carbocycles. The first kappa shape index (κ1) is 23.0. The number of aromatic nitrogens is 4. The highest BCUT2D eigenvalue weighted by molar-refractivity contribution is 6.26. The van der Waals surface area contributed by atoms with Gasteiger partial charge in [0.15, 0.2) is 0 Å². The van der Waals surface area contributed by atoms with Crippen LogP contribution in [0.15, 0.2) is 146 Å². The Hall–Kier alpha value is -5.74. The molecule has 0 aliphatic rings. The summed E-state index contributed by atoms with van der Waals surface area (Å²) in [5.41, 5.74) is 8.62. The van der Waals surface area contributed by atoms with Gasteiger partial charge in [-0.25, -0.2) is 9.97 Å². The minimum Gasteiger partial charge on any atom is -0.309 e. The van der Waals surface area contributed by atoms with E-state index in [1.165, 1.54) is 32.6 Å². The highest BCUT2D eigenvalue weighted by Crippen LogP contribution is 2.42. The smallest absolute Gasteiger partial charge is 0.235 e. The minimum atomic E-state index is 0.667. The summed E-state index contributed by atoms with van der Waals surface area (Å²) in [6.07, 6.45) is 0. The SMILES string of the molecule is c1ccc(-c2nc(-n3c4ccccc4c4c3ccc3c5ccccc5n(-c5ccccc5)c34)nc3ccccc23)cc1. The van der Waals surface area contributed by atoms with E-state index in [1.807, 2.05) is 12.1 Å². The van der Waals surface area contributed by atoms with Crippen LogP contribution in [0.4, 0.5) is 0 Å². The zero-order valence-electron chi connectivity index (χ0n) is 22.6. The molecule has 3 aromatic heterocycles. The Labute approximate surface area is 241 Å². The van der Waals surface area contributed by atoms with Crippen LogP contribution >= 0.6 is 0 Å². The first-order chi connectivity index (χ1) is 20.9. The van der Waals surface area contributed by atoms with Crippen molar-refractivity contribution in [1.82, 2.24) is 19.1 Å². The number of hydrogen-bond donors (Lipinski definition) is 0. The Balaban J connectivity index is 1.46. The van der Waals surface area contributed by atoms with E-state index in [1.54, 1.807) is 0 Å². The molecule has 0 aliphatic carbocycles.